The fraction of sp³-hybridized carbons (Fsp3) is 0.562. The quantitative estimate of drug-likeness (QED) is 0.841. The normalized spacial score (nSPS) is 20.4. The number of nitrogens with zero attached hydrogens (tertiary/aromatic N) is 1. The number of hydrogen-bond donors (Lipinski definition) is 1. The zero-order chi connectivity index (χ0) is 14.0. The molecule has 1 amide bonds. The van der Waals surface area contributed by atoms with Gasteiger partial charge in [-0.25, -0.2) is 0 Å². The van der Waals surface area contributed by atoms with Crippen molar-refractivity contribution in [3.05, 3.63) is 35.4 Å². The summed E-state index contributed by atoms with van der Waals surface area (Å²) in [4.78, 5) is 14.3. The number of hydrogen-bond acceptors (Lipinski definition) is 2. The molecule has 2 rings (SSSR count). The fourth-order valence-corrected chi connectivity index (χ4v) is 2.41. The second kappa shape index (κ2) is 5.33. The van der Waals surface area contributed by atoms with Gasteiger partial charge >= 0.3 is 0 Å². The molecule has 1 N–H and O–H groups in total. The van der Waals surface area contributed by atoms with Crippen LogP contribution < -0.4 is 5.32 Å². The van der Waals surface area contributed by atoms with Crippen LogP contribution in [0.15, 0.2) is 24.3 Å². The molecule has 1 aliphatic heterocycles. The molecule has 0 saturated carbocycles. The molecule has 1 saturated heterocycles. The van der Waals surface area contributed by atoms with Crippen molar-refractivity contribution in [2.24, 2.45) is 0 Å². The molecule has 0 unspecified atom stereocenters. The van der Waals surface area contributed by atoms with Crippen molar-refractivity contribution in [3.8, 4) is 0 Å². The second-order valence-electron chi connectivity index (χ2n) is 6.43. The summed E-state index contributed by atoms with van der Waals surface area (Å²) in [5.41, 5.74) is 2.19. The van der Waals surface area contributed by atoms with E-state index in [0.717, 1.165) is 25.2 Å². The molecule has 104 valence electrons. The van der Waals surface area contributed by atoms with Crippen LogP contribution in [0.1, 0.15) is 43.6 Å². The summed E-state index contributed by atoms with van der Waals surface area (Å²) in [6.07, 6.45) is 0. The number of amides is 1. The Bertz CT molecular complexity index is 445. The van der Waals surface area contributed by atoms with Crippen molar-refractivity contribution in [3.63, 3.8) is 0 Å². The van der Waals surface area contributed by atoms with Crippen molar-refractivity contribution in [2.75, 3.05) is 19.6 Å². The third-order valence-corrected chi connectivity index (χ3v) is 3.65. The zero-order valence-electron chi connectivity index (χ0n) is 12.4. The average Bonchev–Trinajstić information content (AvgIpc) is 2.37. The van der Waals surface area contributed by atoms with E-state index >= 15 is 0 Å². The molecular formula is C16H24N2O. The van der Waals surface area contributed by atoms with Gasteiger partial charge in [0.05, 0.1) is 0 Å². The Morgan fingerprint density at radius 1 is 1.26 bits per heavy atom. The third-order valence-electron chi connectivity index (χ3n) is 3.65. The molecule has 1 aromatic rings. The molecule has 1 fully saturated rings. The van der Waals surface area contributed by atoms with E-state index < -0.39 is 0 Å². The Morgan fingerprint density at radius 2 is 1.89 bits per heavy atom. The lowest BCUT2D eigenvalue weighted by Gasteiger charge is -2.32. The van der Waals surface area contributed by atoms with Crippen molar-refractivity contribution >= 4 is 5.91 Å². The molecule has 1 aromatic carbocycles. The number of carbonyl (C=O) groups is 1. The Kier molecular flexibility index (Phi) is 3.95. The Morgan fingerprint density at radius 3 is 2.42 bits per heavy atom. The molecule has 0 aliphatic carbocycles. The molecule has 1 heterocycles. The molecule has 0 aromatic heterocycles. The molecule has 1 aliphatic rings. The zero-order valence-corrected chi connectivity index (χ0v) is 12.4. The maximum Gasteiger partial charge on any atom is 0.253 e. The van der Waals surface area contributed by atoms with E-state index in [1.54, 1.807) is 0 Å². The largest absolute Gasteiger partial charge is 0.336 e. The van der Waals surface area contributed by atoms with Crippen LogP contribution in [-0.2, 0) is 5.41 Å². The standard InChI is InChI=1S/C16H24N2O/c1-12-11-18(10-9-17-12)15(19)13-5-7-14(8-6-13)16(2,3)4/h5-8,12,17H,9-11H2,1-4H3/t12-/m1/s1. The lowest BCUT2D eigenvalue weighted by Crippen LogP contribution is -2.51. The lowest BCUT2D eigenvalue weighted by molar-refractivity contribution is 0.0709. The van der Waals surface area contributed by atoms with Gasteiger partial charge < -0.3 is 10.2 Å². The Labute approximate surface area is 116 Å². The predicted molar refractivity (Wildman–Crippen MR) is 78.5 cm³/mol. The number of benzene rings is 1. The van der Waals surface area contributed by atoms with E-state index in [0.29, 0.717) is 6.04 Å². The summed E-state index contributed by atoms with van der Waals surface area (Å²) in [6, 6.07) is 8.43. The van der Waals surface area contributed by atoms with Crippen LogP contribution >= 0.6 is 0 Å². The minimum Gasteiger partial charge on any atom is -0.336 e. The molecule has 3 heteroatoms. The topological polar surface area (TPSA) is 32.3 Å². The second-order valence-corrected chi connectivity index (χ2v) is 6.43. The first-order valence-electron chi connectivity index (χ1n) is 7.01. The van der Waals surface area contributed by atoms with Crippen LogP contribution in [0.3, 0.4) is 0 Å². The van der Waals surface area contributed by atoms with Crippen molar-refractivity contribution < 1.29 is 4.79 Å². The monoisotopic (exact) mass is 260 g/mol. The average molecular weight is 260 g/mol. The summed E-state index contributed by atoms with van der Waals surface area (Å²) in [5.74, 6) is 0.147. The SMILES string of the molecule is C[C@@H]1CN(C(=O)c2ccc(C(C)(C)C)cc2)CCN1. The van der Waals surface area contributed by atoms with Crippen molar-refractivity contribution in [1.29, 1.82) is 0 Å². The van der Waals surface area contributed by atoms with E-state index in [1.807, 2.05) is 17.0 Å². The van der Waals surface area contributed by atoms with Crippen LogP contribution in [0.2, 0.25) is 0 Å². The van der Waals surface area contributed by atoms with Gasteiger partial charge in [0.2, 0.25) is 0 Å². The van der Waals surface area contributed by atoms with Crippen LogP contribution in [0.25, 0.3) is 0 Å². The minimum absolute atomic E-state index is 0.130. The van der Waals surface area contributed by atoms with Gasteiger partial charge in [0, 0.05) is 31.2 Å². The highest BCUT2D eigenvalue weighted by molar-refractivity contribution is 5.94. The summed E-state index contributed by atoms with van der Waals surface area (Å²) in [6.45, 7) is 11.1. The highest BCUT2D eigenvalue weighted by Crippen LogP contribution is 2.22. The first-order chi connectivity index (χ1) is 8.88. The van der Waals surface area contributed by atoms with Crippen LogP contribution in [0.4, 0.5) is 0 Å². The van der Waals surface area contributed by atoms with E-state index in [1.165, 1.54) is 5.56 Å². The van der Waals surface area contributed by atoms with Gasteiger partial charge in [-0.15, -0.1) is 0 Å². The third kappa shape index (κ3) is 3.35. The van der Waals surface area contributed by atoms with Gasteiger partial charge in [-0.05, 0) is 30.0 Å². The fourth-order valence-electron chi connectivity index (χ4n) is 2.41. The smallest absolute Gasteiger partial charge is 0.253 e. The summed E-state index contributed by atoms with van der Waals surface area (Å²) in [7, 11) is 0. The molecule has 1 atom stereocenters. The predicted octanol–water partition coefficient (Wildman–Crippen LogP) is 2.42. The first kappa shape index (κ1) is 14.1. The lowest BCUT2D eigenvalue weighted by atomic mass is 9.86. The summed E-state index contributed by atoms with van der Waals surface area (Å²) in [5, 5.41) is 3.35. The molecule has 3 nitrogen and oxygen atoms in total. The van der Waals surface area contributed by atoms with Gasteiger partial charge in [0.1, 0.15) is 0 Å². The highest BCUT2D eigenvalue weighted by Gasteiger charge is 2.22. The molecule has 0 radical (unpaired) electrons. The molecule has 0 bridgehead atoms. The van der Waals surface area contributed by atoms with Crippen molar-refractivity contribution in [2.45, 2.75) is 39.2 Å². The van der Waals surface area contributed by atoms with Crippen LogP contribution in [0.5, 0.6) is 0 Å². The van der Waals surface area contributed by atoms with E-state index in [2.05, 4.69) is 45.1 Å². The number of piperazine rings is 1. The minimum atomic E-state index is 0.130. The molecule has 19 heavy (non-hydrogen) atoms. The Hall–Kier alpha value is -1.35. The molecule has 0 spiro atoms. The molecular weight excluding hydrogens is 236 g/mol. The van der Waals surface area contributed by atoms with E-state index in [4.69, 9.17) is 0 Å². The summed E-state index contributed by atoms with van der Waals surface area (Å²) >= 11 is 0. The van der Waals surface area contributed by atoms with Gasteiger partial charge in [-0.3, -0.25) is 4.79 Å². The van der Waals surface area contributed by atoms with Crippen molar-refractivity contribution in [1.82, 2.24) is 10.2 Å². The van der Waals surface area contributed by atoms with Gasteiger partial charge in [0.15, 0.2) is 0 Å². The summed E-state index contributed by atoms with van der Waals surface area (Å²) < 4.78 is 0. The van der Waals surface area contributed by atoms with E-state index in [-0.39, 0.29) is 11.3 Å². The maximum atomic E-state index is 12.4. The number of nitrogens with one attached hydrogen (secondary N) is 1. The van der Waals surface area contributed by atoms with Crippen LogP contribution in [-0.4, -0.2) is 36.5 Å². The maximum absolute atomic E-state index is 12.4. The highest BCUT2D eigenvalue weighted by atomic mass is 16.2. The number of carbonyl (C=O) groups excluding carboxylic acids is 1. The van der Waals surface area contributed by atoms with Gasteiger partial charge in [-0.2, -0.15) is 0 Å². The van der Waals surface area contributed by atoms with Gasteiger partial charge in [-0.1, -0.05) is 32.9 Å². The van der Waals surface area contributed by atoms with Gasteiger partial charge in [0.25, 0.3) is 5.91 Å². The Balaban J connectivity index is 2.11. The van der Waals surface area contributed by atoms with Crippen LogP contribution in [0, 0.1) is 0 Å². The first-order valence-corrected chi connectivity index (χ1v) is 7.01. The van der Waals surface area contributed by atoms with E-state index in [9.17, 15) is 4.79 Å². The number of rotatable bonds is 1.